The molecule has 0 fully saturated rings. The van der Waals surface area contributed by atoms with Crippen molar-refractivity contribution in [2.45, 2.75) is 32.9 Å². The Morgan fingerprint density at radius 2 is 2.11 bits per heavy atom. The fourth-order valence-corrected chi connectivity index (χ4v) is 2.30. The van der Waals surface area contributed by atoms with Crippen LogP contribution in [0.15, 0.2) is 18.2 Å². The van der Waals surface area contributed by atoms with Crippen LogP contribution in [0.3, 0.4) is 0 Å². The molecule has 3 N–H and O–H groups in total. The number of carbonyl (C=O) groups is 1. The van der Waals surface area contributed by atoms with E-state index in [-0.39, 0.29) is 17.9 Å². The maximum absolute atomic E-state index is 12.1. The Bertz CT molecular complexity index is 620. The largest absolute Gasteiger partial charge is 0.369 e. The van der Waals surface area contributed by atoms with Crippen molar-refractivity contribution in [1.82, 2.24) is 14.9 Å². The van der Waals surface area contributed by atoms with Gasteiger partial charge in [0.15, 0.2) is 0 Å². The molecule has 1 atom stereocenters. The first-order valence-electron chi connectivity index (χ1n) is 6.14. The van der Waals surface area contributed by atoms with Crippen LogP contribution in [0.2, 0.25) is 5.02 Å². The van der Waals surface area contributed by atoms with E-state index in [9.17, 15) is 4.79 Å². The van der Waals surface area contributed by atoms with E-state index in [1.807, 2.05) is 19.9 Å². The third kappa shape index (κ3) is 2.51. The molecule has 0 radical (unpaired) electrons. The lowest BCUT2D eigenvalue weighted by Gasteiger charge is -2.18. The van der Waals surface area contributed by atoms with Gasteiger partial charge >= 0.3 is 0 Å². The van der Waals surface area contributed by atoms with Crippen molar-refractivity contribution >= 4 is 34.5 Å². The molecule has 0 spiro atoms. The Morgan fingerprint density at radius 1 is 1.42 bits per heavy atom. The molecule has 1 unspecified atom stereocenters. The van der Waals surface area contributed by atoms with Gasteiger partial charge in [-0.2, -0.15) is 0 Å². The van der Waals surface area contributed by atoms with Gasteiger partial charge in [-0.1, -0.05) is 17.7 Å². The van der Waals surface area contributed by atoms with E-state index in [0.717, 1.165) is 0 Å². The molecule has 0 bridgehead atoms. The van der Waals surface area contributed by atoms with Gasteiger partial charge in [0.2, 0.25) is 11.9 Å². The zero-order valence-corrected chi connectivity index (χ0v) is 11.9. The van der Waals surface area contributed by atoms with Crippen molar-refractivity contribution < 1.29 is 4.79 Å². The number of imidazole rings is 1. The van der Waals surface area contributed by atoms with Crippen LogP contribution in [0.4, 0.5) is 5.95 Å². The topological polar surface area (TPSA) is 72.9 Å². The minimum Gasteiger partial charge on any atom is -0.369 e. The average Bonchev–Trinajstić information content (AvgIpc) is 2.65. The molecule has 0 aliphatic carbocycles. The Balaban J connectivity index is 2.50. The van der Waals surface area contributed by atoms with Gasteiger partial charge in [0.1, 0.15) is 6.04 Å². The fourth-order valence-electron chi connectivity index (χ4n) is 2.04. The van der Waals surface area contributed by atoms with Crippen LogP contribution in [-0.4, -0.2) is 21.5 Å². The number of rotatable bonds is 3. The number of anilines is 1. The lowest BCUT2D eigenvalue weighted by Crippen LogP contribution is -2.36. The number of nitrogens with one attached hydrogen (secondary N) is 1. The van der Waals surface area contributed by atoms with Gasteiger partial charge < -0.3 is 11.1 Å². The summed E-state index contributed by atoms with van der Waals surface area (Å²) in [6.45, 7) is 5.60. The molecule has 1 heterocycles. The molecule has 5 nitrogen and oxygen atoms in total. The fraction of sp³-hybridized carbons (Fsp3) is 0.385. The Hall–Kier alpha value is -1.75. The number of nitrogens with zero attached hydrogens (tertiary/aromatic N) is 2. The molecule has 0 aliphatic rings. The second-order valence-electron chi connectivity index (χ2n) is 4.79. The minimum absolute atomic E-state index is 0.0708. The maximum atomic E-state index is 12.1. The van der Waals surface area contributed by atoms with Crippen molar-refractivity contribution in [2.75, 3.05) is 5.73 Å². The number of nitrogens with two attached hydrogens (primary N) is 1. The Labute approximate surface area is 116 Å². The number of para-hydroxylation sites is 1. The molecule has 1 amide bonds. The number of nitrogen functional groups attached to an aromatic ring is 1. The van der Waals surface area contributed by atoms with Crippen LogP contribution in [0.1, 0.15) is 26.8 Å². The van der Waals surface area contributed by atoms with Crippen LogP contribution >= 0.6 is 11.6 Å². The van der Waals surface area contributed by atoms with Crippen LogP contribution in [0.25, 0.3) is 11.0 Å². The monoisotopic (exact) mass is 280 g/mol. The highest BCUT2D eigenvalue weighted by molar-refractivity contribution is 6.35. The summed E-state index contributed by atoms with van der Waals surface area (Å²) in [6.07, 6.45) is 0. The van der Waals surface area contributed by atoms with E-state index in [4.69, 9.17) is 17.3 Å². The second-order valence-corrected chi connectivity index (χ2v) is 5.19. The molecule has 2 rings (SSSR count). The average molecular weight is 281 g/mol. The number of amides is 1. The highest BCUT2D eigenvalue weighted by Crippen LogP contribution is 2.28. The molecule has 1 aromatic heterocycles. The predicted octanol–water partition coefficient (Wildman–Crippen LogP) is 2.36. The quantitative estimate of drug-likeness (QED) is 0.906. The minimum atomic E-state index is -0.465. The van der Waals surface area contributed by atoms with Gasteiger partial charge in [-0.15, -0.1) is 0 Å². The summed E-state index contributed by atoms with van der Waals surface area (Å²) in [5, 5.41) is 3.39. The van der Waals surface area contributed by atoms with E-state index in [2.05, 4.69) is 10.3 Å². The third-order valence-electron chi connectivity index (χ3n) is 2.89. The zero-order valence-electron chi connectivity index (χ0n) is 11.1. The van der Waals surface area contributed by atoms with Crippen molar-refractivity contribution in [3.63, 3.8) is 0 Å². The molecule has 19 heavy (non-hydrogen) atoms. The lowest BCUT2D eigenvalue weighted by molar-refractivity contribution is -0.124. The zero-order chi connectivity index (χ0) is 14.2. The first-order valence-corrected chi connectivity index (χ1v) is 6.52. The Kier molecular flexibility index (Phi) is 3.66. The number of aromatic nitrogens is 2. The summed E-state index contributed by atoms with van der Waals surface area (Å²) in [5.74, 6) is 0.176. The third-order valence-corrected chi connectivity index (χ3v) is 3.19. The van der Waals surface area contributed by atoms with Crippen LogP contribution in [0, 0.1) is 0 Å². The second kappa shape index (κ2) is 5.09. The number of halogens is 1. The van der Waals surface area contributed by atoms with Gasteiger partial charge in [0.05, 0.1) is 16.1 Å². The Morgan fingerprint density at radius 3 is 2.74 bits per heavy atom. The molecular weight excluding hydrogens is 264 g/mol. The van der Waals surface area contributed by atoms with E-state index >= 15 is 0 Å². The first kappa shape index (κ1) is 13.7. The SMILES string of the molecule is CC(C)NC(=O)C(C)n1c(N)nc2cccc(Cl)c21. The molecule has 102 valence electrons. The number of carbonyl (C=O) groups excluding carboxylic acids is 1. The summed E-state index contributed by atoms with van der Waals surface area (Å²) in [7, 11) is 0. The normalized spacial score (nSPS) is 12.9. The van der Waals surface area contributed by atoms with E-state index in [1.165, 1.54) is 0 Å². The summed E-state index contributed by atoms with van der Waals surface area (Å²) in [6, 6.07) is 4.99. The summed E-state index contributed by atoms with van der Waals surface area (Å²) in [5.41, 5.74) is 7.28. The van der Waals surface area contributed by atoms with Crippen LogP contribution in [0.5, 0.6) is 0 Å². The van der Waals surface area contributed by atoms with Crippen molar-refractivity contribution in [2.24, 2.45) is 0 Å². The summed E-state index contributed by atoms with van der Waals surface area (Å²) in [4.78, 5) is 16.3. The number of hydrogen-bond acceptors (Lipinski definition) is 3. The highest BCUT2D eigenvalue weighted by atomic mass is 35.5. The summed E-state index contributed by atoms with van der Waals surface area (Å²) < 4.78 is 1.66. The smallest absolute Gasteiger partial charge is 0.243 e. The van der Waals surface area contributed by atoms with Gasteiger partial charge in [-0.05, 0) is 32.9 Å². The molecule has 0 aliphatic heterocycles. The van der Waals surface area contributed by atoms with Crippen LogP contribution in [-0.2, 0) is 4.79 Å². The van der Waals surface area contributed by atoms with Crippen molar-refractivity contribution in [3.05, 3.63) is 23.2 Å². The van der Waals surface area contributed by atoms with E-state index < -0.39 is 6.04 Å². The molecule has 0 saturated heterocycles. The maximum Gasteiger partial charge on any atom is 0.243 e. The highest BCUT2D eigenvalue weighted by Gasteiger charge is 2.22. The van der Waals surface area contributed by atoms with Crippen LogP contribution < -0.4 is 11.1 Å². The molecule has 0 saturated carbocycles. The van der Waals surface area contributed by atoms with Gasteiger partial charge in [-0.3, -0.25) is 9.36 Å². The first-order chi connectivity index (χ1) is 8.91. The number of fused-ring (bicyclic) bond motifs is 1. The van der Waals surface area contributed by atoms with E-state index in [1.54, 1.807) is 23.6 Å². The lowest BCUT2D eigenvalue weighted by atomic mass is 10.2. The molecule has 6 heteroatoms. The van der Waals surface area contributed by atoms with E-state index in [0.29, 0.717) is 16.1 Å². The van der Waals surface area contributed by atoms with Crippen molar-refractivity contribution in [3.8, 4) is 0 Å². The molecular formula is C13H17ClN4O. The number of hydrogen-bond donors (Lipinski definition) is 2. The molecule has 1 aromatic carbocycles. The van der Waals surface area contributed by atoms with Gasteiger partial charge in [-0.25, -0.2) is 4.98 Å². The summed E-state index contributed by atoms with van der Waals surface area (Å²) >= 11 is 6.18. The van der Waals surface area contributed by atoms with Crippen molar-refractivity contribution in [1.29, 1.82) is 0 Å². The standard InChI is InChI=1S/C13H17ClN4O/c1-7(2)16-12(19)8(3)18-11-9(14)5-4-6-10(11)17-13(18)15/h4-8H,1-3H3,(H2,15,17)(H,16,19). The number of benzene rings is 1. The molecule has 2 aromatic rings. The predicted molar refractivity (Wildman–Crippen MR) is 77.1 cm³/mol. The van der Waals surface area contributed by atoms with Gasteiger partial charge in [0.25, 0.3) is 0 Å². The van der Waals surface area contributed by atoms with Gasteiger partial charge in [0, 0.05) is 6.04 Å².